The molecule has 0 bridgehead atoms. The van der Waals surface area contributed by atoms with Crippen LogP contribution in [0.2, 0.25) is 0 Å². The summed E-state index contributed by atoms with van der Waals surface area (Å²) in [5, 5.41) is 0. The number of benzene rings is 2. The summed E-state index contributed by atoms with van der Waals surface area (Å²) in [7, 11) is -3.19. The van der Waals surface area contributed by atoms with Crippen molar-refractivity contribution in [3.05, 3.63) is 59.7 Å². The van der Waals surface area contributed by atoms with Gasteiger partial charge in [0.2, 0.25) is 0 Å². The maximum absolute atomic E-state index is 11.4. The predicted molar refractivity (Wildman–Crippen MR) is 83.2 cm³/mol. The molecule has 4 nitrogen and oxygen atoms in total. The van der Waals surface area contributed by atoms with Crippen LogP contribution in [-0.4, -0.2) is 21.2 Å². The van der Waals surface area contributed by atoms with Crippen LogP contribution in [0.15, 0.2) is 53.4 Å². The predicted octanol–water partition coefficient (Wildman–Crippen LogP) is 2.48. The van der Waals surface area contributed by atoms with Crippen LogP contribution < -0.4 is 10.5 Å². The number of aryl methyl sites for hydroxylation is 1. The fourth-order valence-electron chi connectivity index (χ4n) is 1.96. The molecular formula is C16H19NO3S. The summed E-state index contributed by atoms with van der Waals surface area (Å²) in [6.07, 6.45) is 0.924. The van der Waals surface area contributed by atoms with Crippen molar-refractivity contribution in [3.63, 3.8) is 0 Å². The van der Waals surface area contributed by atoms with Crippen LogP contribution in [0.1, 0.15) is 17.2 Å². The summed E-state index contributed by atoms with van der Waals surface area (Å²) >= 11 is 0. The van der Waals surface area contributed by atoms with Crippen LogP contribution >= 0.6 is 0 Å². The summed E-state index contributed by atoms with van der Waals surface area (Å²) < 4.78 is 28.7. The van der Waals surface area contributed by atoms with Crippen molar-refractivity contribution < 1.29 is 13.2 Å². The zero-order valence-electron chi connectivity index (χ0n) is 12.1. The maximum Gasteiger partial charge on any atom is 0.175 e. The number of ether oxygens (including phenoxy) is 1. The molecule has 0 heterocycles. The second kappa shape index (κ2) is 6.28. The van der Waals surface area contributed by atoms with Crippen molar-refractivity contribution in [2.24, 2.45) is 5.73 Å². The minimum Gasteiger partial charge on any atom is -0.484 e. The highest BCUT2D eigenvalue weighted by Crippen LogP contribution is 2.23. The average Bonchev–Trinajstić information content (AvgIpc) is 2.45. The molecule has 1 unspecified atom stereocenters. The molecule has 0 aromatic heterocycles. The Balaban J connectivity index is 2.17. The zero-order chi connectivity index (χ0) is 15.5. The molecule has 21 heavy (non-hydrogen) atoms. The third kappa shape index (κ3) is 4.06. The van der Waals surface area contributed by atoms with E-state index in [1.165, 1.54) is 24.0 Å². The van der Waals surface area contributed by atoms with E-state index in [4.69, 9.17) is 10.5 Å². The van der Waals surface area contributed by atoms with E-state index < -0.39 is 9.84 Å². The zero-order valence-corrected chi connectivity index (χ0v) is 12.9. The number of nitrogens with two attached hydrogens (primary N) is 1. The molecule has 0 saturated carbocycles. The standard InChI is InChI=1S/C16H19NO3S/c1-12-3-5-13(6-4-12)16(11-17)20-14-7-9-15(10-8-14)21(2,18)19/h3-10,16H,11,17H2,1-2H3. The Morgan fingerprint density at radius 1 is 1.05 bits per heavy atom. The largest absolute Gasteiger partial charge is 0.484 e. The lowest BCUT2D eigenvalue weighted by Crippen LogP contribution is -2.18. The average molecular weight is 305 g/mol. The van der Waals surface area contributed by atoms with Gasteiger partial charge in [0.25, 0.3) is 0 Å². The molecule has 2 aromatic carbocycles. The Kier molecular flexibility index (Phi) is 4.65. The van der Waals surface area contributed by atoms with Gasteiger partial charge in [-0.25, -0.2) is 8.42 Å². The minimum absolute atomic E-state index is 0.255. The van der Waals surface area contributed by atoms with Gasteiger partial charge in [-0.05, 0) is 36.8 Å². The smallest absolute Gasteiger partial charge is 0.175 e. The van der Waals surface area contributed by atoms with E-state index in [1.807, 2.05) is 31.2 Å². The summed E-state index contributed by atoms with van der Waals surface area (Å²) in [5.41, 5.74) is 7.94. The van der Waals surface area contributed by atoms with Gasteiger partial charge in [0, 0.05) is 12.8 Å². The van der Waals surface area contributed by atoms with Crippen LogP contribution in [0.3, 0.4) is 0 Å². The molecule has 2 N–H and O–H groups in total. The lowest BCUT2D eigenvalue weighted by Gasteiger charge is -2.18. The van der Waals surface area contributed by atoms with Gasteiger partial charge in [-0.3, -0.25) is 0 Å². The molecule has 0 spiro atoms. The number of hydrogen-bond acceptors (Lipinski definition) is 4. The van der Waals surface area contributed by atoms with Crippen LogP contribution in [0.4, 0.5) is 0 Å². The van der Waals surface area contributed by atoms with Crippen molar-refractivity contribution in [3.8, 4) is 5.75 Å². The number of hydrogen-bond donors (Lipinski definition) is 1. The van der Waals surface area contributed by atoms with Crippen molar-refractivity contribution in [1.82, 2.24) is 0 Å². The Hall–Kier alpha value is -1.85. The van der Waals surface area contributed by atoms with E-state index in [2.05, 4.69) is 0 Å². The molecule has 0 fully saturated rings. The van der Waals surface area contributed by atoms with E-state index in [0.717, 1.165) is 5.56 Å². The van der Waals surface area contributed by atoms with Gasteiger partial charge in [-0.15, -0.1) is 0 Å². The molecule has 1 atom stereocenters. The van der Waals surface area contributed by atoms with Gasteiger partial charge in [-0.1, -0.05) is 29.8 Å². The topological polar surface area (TPSA) is 69.4 Å². The molecule has 0 saturated heterocycles. The fraction of sp³-hybridized carbons (Fsp3) is 0.250. The molecule has 2 aromatic rings. The second-order valence-corrected chi connectivity index (χ2v) is 7.01. The van der Waals surface area contributed by atoms with Crippen molar-refractivity contribution in [2.75, 3.05) is 12.8 Å². The number of sulfone groups is 1. The number of rotatable bonds is 5. The highest BCUT2D eigenvalue weighted by molar-refractivity contribution is 7.90. The molecule has 0 aliphatic carbocycles. The van der Waals surface area contributed by atoms with Crippen LogP contribution in [0.25, 0.3) is 0 Å². The third-order valence-corrected chi connectivity index (χ3v) is 4.32. The quantitative estimate of drug-likeness (QED) is 0.921. The van der Waals surface area contributed by atoms with E-state index in [1.54, 1.807) is 12.1 Å². The first-order chi connectivity index (χ1) is 9.90. The third-order valence-electron chi connectivity index (χ3n) is 3.19. The van der Waals surface area contributed by atoms with Gasteiger partial charge >= 0.3 is 0 Å². The van der Waals surface area contributed by atoms with Gasteiger partial charge < -0.3 is 10.5 Å². The lowest BCUT2D eigenvalue weighted by atomic mass is 10.1. The Bertz CT molecular complexity index is 691. The van der Waals surface area contributed by atoms with Crippen molar-refractivity contribution in [2.45, 2.75) is 17.9 Å². The normalized spacial score (nSPS) is 12.9. The van der Waals surface area contributed by atoms with E-state index in [0.29, 0.717) is 12.3 Å². The molecule has 0 aliphatic rings. The molecule has 0 radical (unpaired) electrons. The first kappa shape index (κ1) is 15.5. The van der Waals surface area contributed by atoms with Crippen LogP contribution in [0.5, 0.6) is 5.75 Å². The second-order valence-electron chi connectivity index (χ2n) is 5.00. The highest BCUT2D eigenvalue weighted by Gasteiger charge is 2.12. The van der Waals surface area contributed by atoms with Gasteiger partial charge in [-0.2, -0.15) is 0 Å². The Morgan fingerprint density at radius 3 is 2.10 bits per heavy atom. The first-order valence-electron chi connectivity index (χ1n) is 6.63. The lowest BCUT2D eigenvalue weighted by molar-refractivity contribution is 0.214. The Morgan fingerprint density at radius 2 is 1.62 bits per heavy atom. The van der Waals surface area contributed by atoms with E-state index in [-0.39, 0.29) is 11.0 Å². The van der Waals surface area contributed by atoms with Gasteiger partial charge in [0.1, 0.15) is 11.9 Å². The monoisotopic (exact) mass is 305 g/mol. The van der Waals surface area contributed by atoms with Crippen molar-refractivity contribution in [1.29, 1.82) is 0 Å². The molecule has 112 valence electrons. The molecule has 0 aliphatic heterocycles. The van der Waals surface area contributed by atoms with E-state index in [9.17, 15) is 8.42 Å². The maximum atomic E-state index is 11.4. The molecule has 2 rings (SSSR count). The van der Waals surface area contributed by atoms with Gasteiger partial charge in [0.15, 0.2) is 9.84 Å². The Labute approximate surface area is 125 Å². The summed E-state index contributed by atoms with van der Waals surface area (Å²) in [5.74, 6) is 0.596. The summed E-state index contributed by atoms with van der Waals surface area (Å²) in [4.78, 5) is 0.273. The highest BCUT2D eigenvalue weighted by atomic mass is 32.2. The van der Waals surface area contributed by atoms with E-state index >= 15 is 0 Å². The minimum atomic E-state index is -3.19. The first-order valence-corrected chi connectivity index (χ1v) is 8.52. The van der Waals surface area contributed by atoms with Crippen LogP contribution in [0, 0.1) is 6.92 Å². The molecular weight excluding hydrogens is 286 g/mol. The SMILES string of the molecule is Cc1ccc(C(CN)Oc2ccc(S(C)(=O)=O)cc2)cc1. The van der Waals surface area contributed by atoms with Crippen molar-refractivity contribution >= 4 is 9.84 Å². The van der Waals surface area contributed by atoms with Crippen LogP contribution in [-0.2, 0) is 9.84 Å². The molecule has 5 heteroatoms. The molecule has 0 amide bonds. The fourth-order valence-corrected chi connectivity index (χ4v) is 2.59. The summed E-state index contributed by atoms with van der Waals surface area (Å²) in [6.45, 7) is 2.36. The van der Waals surface area contributed by atoms with Gasteiger partial charge in [0.05, 0.1) is 4.90 Å². The summed E-state index contributed by atoms with van der Waals surface area (Å²) in [6, 6.07) is 14.3.